The third-order valence-electron chi connectivity index (χ3n) is 2.88. The number of aromatic amines is 1. The van der Waals surface area contributed by atoms with Gasteiger partial charge in [-0.1, -0.05) is 0 Å². The quantitative estimate of drug-likeness (QED) is 0.718. The predicted octanol–water partition coefficient (Wildman–Crippen LogP) is 2.10. The van der Waals surface area contributed by atoms with Gasteiger partial charge in [0.1, 0.15) is 11.4 Å². The number of pyridine rings is 2. The fraction of sp³-hybridized carbons (Fsp3) is 0.0769. The molecule has 3 aromatic rings. The molecule has 0 aliphatic carbocycles. The van der Waals surface area contributed by atoms with E-state index in [1.165, 1.54) is 0 Å². The fourth-order valence-corrected chi connectivity index (χ4v) is 1.87. The van der Waals surface area contributed by atoms with Crippen LogP contribution in [0.4, 0.5) is 13.2 Å². The molecule has 0 amide bonds. The van der Waals surface area contributed by atoms with Crippen molar-refractivity contribution in [2.24, 2.45) is 0 Å². The van der Waals surface area contributed by atoms with Crippen LogP contribution in [0.15, 0.2) is 35.4 Å². The van der Waals surface area contributed by atoms with Gasteiger partial charge in [0.15, 0.2) is 11.5 Å². The summed E-state index contributed by atoms with van der Waals surface area (Å²) in [6, 6.07) is 2.76. The highest BCUT2D eigenvalue weighted by Gasteiger charge is 2.31. The molecular weight excluding hydrogens is 301 g/mol. The maximum absolute atomic E-state index is 12.7. The number of rotatable bonds is 1. The number of hydrogen-bond donors (Lipinski definition) is 2. The zero-order valence-corrected chi connectivity index (χ0v) is 10.7. The lowest BCUT2D eigenvalue weighted by Crippen LogP contribution is -2.11. The summed E-state index contributed by atoms with van der Waals surface area (Å²) in [5.41, 5.74) is -1.68. The highest BCUT2D eigenvalue weighted by Crippen LogP contribution is 2.30. The molecule has 0 aromatic carbocycles. The Morgan fingerprint density at radius 1 is 1.18 bits per heavy atom. The number of nitrogens with one attached hydrogen (secondary N) is 1. The van der Waals surface area contributed by atoms with Gasteiger partial charge >= 0.3 is 6.18 Å². The molecule has 0 unspecified atom stereocenters. The van der Waals surface area contributed by atoms with Gasteiger partial charge < -0.3 is 10.1 Å². The lowest BCUT2D eigenvalue weighted by atomic mass is 10.2. The van der Waals surface area contributed by atoms with E-state index in [1.54, 1.807) is 0 Å². The van der Waals surface area contributed by atoms with E-state index >= 15 is 0 Å². The van der Waals surface area contributed by atoms with Gasteiger partial charge in [-0.25, -0.2) is 9.97 Å². The molecule has 0 saturated heterocycles. The van der Waals surface area contributed by atoms with Crippen LogP contribution in [0.1, 0.15) is 5.56 Å². The van der Waals surface area contributed by atoms with Gasteiger partial charge in [0.05, 0.1) is 17.1 Å². The number of fused-ring (bicyclic) bond motifs is 1. The van der Waals surface area contributed by atoms with Crippen molar-refractivity contribution >= 4 is 11.0 Å². The van der Waals surface area contributed by atoms with Crippen LogP contribution in [0.5, 0.6) is 5.75 Å². The molecule has 0 bridgehead atoms. The minimum atomic E-state index is -4.53. The van der Waals surface area contributed by atoms with Crippen molar-refractivity contribution in [2.75, 3.05) is 0 Å². The number of H-pyrrole nitrogens is 1. The second kappa shape index (κ2) is 4.79. The molecule has 0 atom stereocenters. The van der Waals surface area contributed by atoms with Crippen LogP contribution in [0.3, 0.4) is 0 Å². The first kappa shape index (κ1) is 14.0. The summed E-state index contributed by atoms with van der Waals surface area (Å²) in [4.78, 5) is 25.7. The van der Waals surface area contributed by atoms with Gasteiger partial charge in [0.25, 0.3) is 5.56 Å². The van der Waals surface area contributed by atoms with Crippen molar-refractivity contribution in [2.45, 2.75) is 6.18 Å². The second-order valence-corrected chi connectivity index (χ2v) is 4.41. The van der Waals surface area contributed by atoms with Crippen molar-refractivity contribution in [1.29, 1.82) is 0 Å². The smallest absolute Gasteiger partial charge is 0.416 e. The first-order valence-corrected chi connectivity index (χ1v) is 5.97. The third kappa shape index (κ3) is 2.48. The Labute approximate surface area is 120 Å². The number of aromatic hydroxyl groups is 1. The number of halogens is 3. The van der Waals surface area contributed by atoms with Crippen molar-refractivity contribution in [3.63, 3.8) is 0 Å². The summed E-state index contributed by atoms with van der Waals surface area (Å²) in [7, 11) is 0. The van der Waals surface area contributed by atoms with Crippen LogP contribution >= 0.6 is 0 Å². The van der Waals surface area contributed by atoms with E-state index in [9.17, 15) is 23.1 Å². The Hall–Kier alpha value is -2.97. The molecule has 3 rings (SSSR count). The van der Waals surface area contributed by atoms with E-state index in [1.807, 2.05) is 0 Å². The van der Waals surface area contributed by atoms with Gasteiger partial charge in [-0.15, -0.1) is 0 Å². The maximum Gasteiger partial charge on any atom is 0.416 e. The van der Waals surface area contributed by atoms with E-state index in [0.717, 1.165) is 30.6 Å². The van der Waals surface area contributed by atoms with Crippen LogP contribution < -0.4 is 5.56 Å². The summed E-state index contributed by atoms with van der Waals surface area (Å²) >= 11 is 0. The molecule has 22 heavy (non-hydrogen) atoms. The molecule has 0 aliphatic rings. The van der Waals surface area contributed by atoms with E-state index in [2.05, 4.69) is 19.9 Å². The Bertz CT molecular complexity index is 921. The van der Waals surface area contributed by atoms with Crippen molar-refractivity contribution in [1.82, 2.24) is 19.9 Å². The van der Waals surface area contributed by atoms with Gasteiger partial charge in [-0.3, -0.25) is 9.78 Å². The topological polar surface area (TPSA) is 91.8 Å². The number of aromatic nitrogens is 4. The van der Waals surface area contributed by atoms with E-state index in [0.29, 0.717) is 0 Å². The molecule has 0 spiro atoms. The standard InChI is InChI=1S/C13H7F3N4O2/c14-13(15,16)6-1-2-17-9(3-6)11-19-10-8(12(22)20-11)4-7(21)5-18-10/h1-5,21H,(H,18,19,20,22). The Morgan fingerprint density at radius 3 is 2.68 bits per heavy atom. The molecule has 3 aromatic heterocycles. The van der Waals surface area contributed by atoms with Crippen LogP contribution in [0, 0.1) is 0 Å². The van der Waals surface area contributed by atoms with E-state index in [4.69, 9.17) is 0 Å². The van der Waals surface area contributed by atoms with Gasteiger partial charge in [-0.2, -0.15) is 13.2 Å². The minimum Gasteiger partial charge on any atom is -0.506 e. The molecule has 112 valence electrons. The first-order chi connectivity index (χ1) is 10.3. The lowest BCUT2D eigenvalue weighted by molar-refractivity contribution is -0.137. The summed E-state index contributed by atoms with van der Waals surface area (Å²) in [5, 5.41) is 9.31. The highest BCUT2D eigenvalue weighted by molar-refractivity contribution is 5.76. The molecule has 0 radical (unpaired) electrons. The molecule has 0 fully saturated rings. The van der Waals surface area contributed by atoms with E-state index < -0.39 is 17.3 Å². The minimum absolute atomic E-state index is 0.00392. The molecule has 3 heterocycles. The average molecular weight is 308 g/mol. The van der Waals surface area contributed by atoms with Crippen LogP contribution in [-0.4, -0.2) is 25.0 Å². The fourth-order valence-electron chi connectivity index (χ4n) is 1.87. The highest BCUT2D eigenvalue weighted by atomic mass is 19.4. The second-order valence-electron chi connectivity index (χ2n) is 4.41. The zero-order chi connectivity index (χ0) is 15.9. The maximum atomic E-state index is 12.7. The summed E-state index contributed by atoms with van der Waals surface area (Å²) in [6.07, 6.45) is -2.47. The van der Waals surface area contributed by atoms with Crippen molar-refractivity contribution in [3.8, 4) is 17.3 Å². The zero-order valence-electron chi connectivity index (χ0n) is 10.7. The Balaban J connectivity index is 2.19. The van der Waals surface area contributed by atoms with Gasteiger partial charge in [-0.05, 0) is 18.2 Å². The molecule has 0 saturated carbocycles. The SMILES string of the molecule is O=c1[nH]c(-c2cc(C(F)(F)F)ccn2)nc2ncc(O)cc12. The van der Waals surface area contributed by atoms with Crippen molar-refractivity contribution in [3.05, 3.63) is 46.5 Å². The van der Waals surface area contributed by atoms with Crippen LogP contribution in [0.25, 0.3) is 22.6 Å². The van der Waals surface area contributed by atoms with Crippen LogP contribution in [-0.2, 0) is 6.18 Å². The molecule has 6 nitrogen and oxygen atoms in total. The van der Waals surface area contributed by atoms with Crippen LogP contribution in [0.2, 0.25) is 0 Å². The Morgan fingerprint density at radius 2 is 1.95 bits per heavy atom. The summed E-state index contributed by atoms with van der Waals surface area (Å²) in [6.45, 7) is 0. The van der Waals surface area contributed by atoms with E-state index in [-0.39, 0.29) is 28.3 Å². The third-order valence-corrected chi connectivity index (χ3v) is 2.88. The summed E-state index contributed by atoms with van der Waals surface area (Å²) < 4.78 is 38.1. The lowest BCUT2D eigenvalue weighted by Gasteiger charge is -2.08. The molecule has 9 heteroatoms. The summed E-state index contributed by atoms with van der Waals surface area (Å²) in [5.74, 6) is -0.355. The van der Waals surface area contributed by atoms with Gasteiger partial charge in [0, 0.05) is 6.20 Å². The van der Waals surface area contributed by atoms with Gasteiger partial charge in [0.2, 0.25) is 0 Å². The van der Waals surface area contributed by atoms with Crippen molar-refractivity contribution < 1.29 is 18.3 Å². The molecule has 2 N–H and O–H groups in total. The predicted molar refractivity (Wildman–Crippen MR) is 70.1 cm³/mol. The molecule has 0 aliphatic heterocycles. The first-order valence-electron chi connectivity index (χ1n) is 5.97. The number of nitrogens with zero attached hydrogens (tertiary/aromatic N) is 3. The molecular formula is C13H7F3N4O2. The largest absolute Gasteiger partial charge is 0.506 e. The average Bonchev–Trinajstić information content (AvgIpc) is 2.47. The normalized spacial score (nSPS) is 11.8. The number of hydrogen-bond acceptors (Lipinski definition) is 5. The number of alkyl halides is 3. The monoisotopic (exact) mass is 308 g/mol. The Kier molecular flexibility index (Phi) is 3.05.